The van der Waals surface area contributed by atoms with Crippen LogP contribution in [0.2, 0.25) is 0 Å². The van der Waals surface area contributed by atoms with E-state index in [9.17, 15) is 14.4 Å². The van der Waals surface area contributed by atoms with Gasteiger partial charge in [0.1, 0.15) is 6.04 Å². The van der Waals surface area contributed by atoms with Crippen LogP contribution in [0.25, 0.3) is 17.0 Å². The second-order valence-corrected chi connectivity index (χ2v) is 9.62. The SMILES string of the molecule is CCOC(=O)[C@H](C)N1C(=O)S/C(=C/c2c(C)n(Cc3ccc(Br)cc3)c3ccccc23)C1=O. The maximum absolute atomic E-state index is 13.0. The maximum Gasteiger partial charge on any atom is 0.329 e. The van der Waals surface area contributed by atoms with Crippen molar-refractivity contribution in [1.82, 2.24) is 9.47 Å². The number of esters is 1. The molecule has 3 aromatic rings. The van der Waals surface area contributed by atoms with Crippen molar-refractivity contribution in [2.75, 3.05) is 6.61 Å². The van der Waals surface area contributed by atoms with Gasteiger partial charge in [0.2, 0.25) is 0 Å². The Morgan fingerprint density at radius 1 is 1.15 bits per heavy atom. The zero-order valence-electron chi connectivity index (χ0n) is 18.5. The first-order chi connectivity index (χ1) is 15.8. The van der Waals surface area contributed by atoms with Gasteiger partial charge in [0, 0.05) is 33.2 Å². The number of benzene rings is 2. The van der Waals surface area contributed by atoms with E-state index in [4.69, 9.17) is 4.74 Å². The molecule has 0 spiro atoms. The van der Waals surface area contributed by atoms with Crippen LogP contribution in [0.5, 0.6) is 0 Å². The molecule has 6 nitrogen and oxygen atoms in total. The predicted octanol–water partition coefficient (Wildman–Crippen LogP) is 5.75. The Kier molecular flexibility index (Phi) is 6.76. The van der Waals surface area contributed by atoms with Crippen LogP contribution in [0.3, 0.4) is 0 Å². The first kappa shape index (κ1) is 23.3. The van der Waals surface area contributed by atoms with Crippen LogP contribution in [-0.4, -0.2) is 39.2 Å². The van der Waals surface area contributed by atoms with Gasteiger partial charge in [0.25, 0.3) is 11.1 Å². The van der Waals surface area contributed by atoms with Gasteiger partial charge >= 0.3 is 5.97 Å². The number of ether oxygens (including phenoxy) is 1. The molecule has 0 radical (unpaired) electrons. The third kappa shape index (κ3) is 4.50. The molecule has 33 heavy (non-hydrogen) atoms. The Bertz CT molecular complexity index is 1280. The molecule has 1 atom stereocenters. The third-order valence-electron chi connectivity index (χ3n) is 5.65. The molecule has 1 aliphatic rings. The summed E-state index contributed by atoms with van der Waals surface area (Å²) in [4.78, 5) is 39.0. The molecule has 1 aromatic heterocycles. The molecule has 0 N–H and O–H groups in total. The van der Waals surface area contributed by atoms with E-state index in [0.29, 0.717) is 11.4 Å². The minimum absolute atomic E-state index is 0.187. The highest BCUT2D eigenvalue weighted by Crippen LogP contribution is 2.37. The summed E-state index contributed by atoms with van der Waals surface area (Å²) in [6, 6.07) is 15.2. The van der Waals surface area contributed by atoms with E-state index in [0.717, 1.165) is 48.9 Å². The van der Waals surface area contributed by atoms with Gasteiger partial charge in [-0.25, -0.2) is 4.79 Å². The summed E-state index contributed by atoms with van der Waals surface area (Å²) < 4.78 is 8.22. The van der Waals surface area contributed by atoms with Crippen molar-refractivity contribution in [3.8, 4) is 0 Å². The summed E-state index contributed by atoms with van der Waals surface area (Å²) in [5, 5.41) is 0.528. The minimum Gasteiger partial charge on any atom is -0.464 e. The molecule has 0 bridgehead atoms. The third-order valence-corrected chi connectivity index (χ3v) is 7.06. The number of hydrogen-bond donors (Lipinski definition) is 0. The summed E-state index contributed by atoms with van der Waals surface area (Å²) in [6.45, 7) is 6.06. The molecule has 2 heterocycles. The lowest BCUT2D eigenvalue weighted by Gasteiger charge is -2.19. The highest BCUT2D eigenvalue weighted by atomic mass is 79.9. The van der Waals surface area contributed by atoms with Crippen molar-refractivity contribution in [2.45, 2.75) is 33.4 Å². The highest BCUT2D eigenvalue weighted by Gasteiger charge is 2.41. The topological polar surface area (TPSA) is 68.6 Å². The lowest BCUT2D eigenvalue weighted by atomic mass is 10.1. The number of aromatic nitrogens is 1. The van der Waals surface area contributed by atoms with Gasteiger partial charge in [-0.15, -0.1) is 0 Å². The lowest BCUT2D eigenvalue weighted by Crippen LogP contribution is -2.42. The van der Waals surface area contributed by atoms with Crippen LogP contribution in [0.1, 0.15) is 30.7 Å². The minimum atomic E-state index is -0.969. The van der Waals surface area contributed by atoms with Gasteiger partial charge < -0.3 is 9.30 Å². The Morgan fingerprint density at radius 3 is 2.55 bits per heavy atom. The van der Waals surface area contributed by atoms with E-state index in [1.165, 1.54) is 6.92 Å². The van der Waals surface area contributed by atoms with Crippen molar-refractivity contribution in [2.24, 2.45) is 0 Å². The molecule has 0 saturated carbocycles. The molecule has 1 saturated heterocycles. The number of fused-ring (bicyclic) bond motifs is 1. The number of carbonyl (C=O) groups excluding carboxylic acids is 3. The molecular formula is C25H23BrN2O4S. The average Bonchev–Trinajstić information content (AvgIpc) is 3.22. The standard InChI is InChI=1S/C25H23BrN2O4S/c1-4-32-24(30)16(3)28-23(29)22(33-25(28)31)13-20-15(2)27(21-8-6-5-7-19(20)21)14-17-9-11-18(26)12-10-17/h5-13,16H,4,14H2,1-3H3/b22-13+/t16-/m0/s1. The molecule has 2 aromatic carbocycles. The number of hydrogen-bond acceptors (Lipinski definition) is 5. The normalized spacial score (nSPS) is 16.1. The van der Waals surface area contributed by atoms with Gasteiger partial charge in [0.15, 0.2) is 0 Å². The van der Waals surface area contributed by atoms with Crippen molar-refractivity contribution in [3.05, 3.63) is 74.7 Å². The molecule has 170 valence electrons. The van der Waals surface area contributed by atoms with Crippen molar-refractivity contribution in [3.63, 3.8) is 0 Å². The number of nitrogens with zero attached hydrogens (tertiary/aromatic N) is 2. The van der Waals surface area contributed by atoms with Crippen molar-refractivity contribution in [1.29, 1.82) is 0 Å². The molecule has 0 aliphatic carbocycles. The zero-order chi connectivity index (χ0) is 23.7. The van der Waals surface area contributed by atoms with Crippen LogP contribution >= 0.6 is 27.7 Å². The summed E-state index contributed by atoms with van der Waals surface area (Å²) in [5.41, 5.74) is 4.07. The largest absolute Gasteiger partial charge is 0.464 e. The second-order valence-electron chi connectivity index (χ2n) is 7.71. The monoisotopic (exact) mass is 526 g/mol. The number of rotatable bonds is 6. The number of imide groups is 1. The number of thioether (sulfide) groups is 1. The molecule has 2 amide bonds. The predicted molar refractivity (Wildman–Crippen MR) is 134 cm³/mol. The van der Waals surface area contributed by atoms with Crippen LogP contribution in [0, 0.1) is 6.92 Å². The van der Waals surface area contributed by atoms with Gasteiger partial charge in [-0.2, -0.15) is 0 Å². The lowest BCUT2D eigenvalue weighted by molar-refractivity contribution is -0.150. The molecule has 0 unspecified atom stereocenters. The number of halogens is 1. The Labute approximate surface area is 204 Å². The van der Waals surface area contributed by atoms with Gasteiger partial charge in [0.05, 0.1) is 11.5 Å². The van der Waals surface area contributed by atoms with E-state index in [2.05, 4.69) is 32.6 Å². The fraction of sp³-hybridized carbons (Fsp3) is 0.240. The molecule has 1 fully saturated rings. The summed E-state index contributed by atoms with van der Waals surface area (Å²) in [7, 11) is 0. The Morgan fingerprint density at radius 2 is 1.85 bits per heavy atom. The average molecular weight is 527 g/mol. The Hall–Kier alpha value is -2.84. The maximum atomic E-state index is 13.0. The molecule has 1 aliphatic heterocycles. The fourth-order valence-corrected chi connectivity index (χ4v) is 5.08. The van der Waals surface area contributed by atoms with E-state index in [1.54, 1.807) is 13.0 Å². The van der Waals surface area contributed by atoms with Gasteiger partial charge in [-0.1, -0.05) is 46.3 Å². The van der Waals surface area contributed by atoms with Gasteiger partial charge in [-0.05, 0) is 62.4 Å². The quantitative estimate of drug-likeness (QED) is 0.302. The second kappa shape index (κ2) is 9.57. The van der Waals surface area contributed by atoms with Crippen LogP contribution in [0.15, 0.2) is 57.9 Å². The van der Waals surface area contributed by atoms with Gasteiger partial charge in [-0.3, -0.25) is 14.5 Å². The first-order valence-corrected chi connectivity index (χ1v) is 12.2. The summed E-state index contributed by atoms with van der Waals surface area (Å²) >= 11 is 4.32. The number of amides is 2. The number of para-hydroxylation sites is 1. The van der Waals surface area contributed by atoms with Crippen molar-refractivity contribution >= 4 is 61.8 Å². The number of carbonyl (C=O) groups is 3. The van der Waals surface area contributed by atoms with Crippen LogP contribution in [-0.2, 0) is 20.9 Å². The van der Waals surface area contributed by atoms with E-state index < -0.39 is 23.2 Å². The highest BCUT2D eigenvalue weighted by molar-refractivity contribution is 9.10. The fourth-order valence-electron chi connectivity index (χ4n) is 3.93. The summed E-state index contributed by atoms with van der Waals surface area (Å²) in [6.07, 6.45) is 1.76. The molecule has 8 heteroatoms. The smallest absolute Gasteiger partial charge is 0.329 e. The molecule has 4 rings (SSSR count). The molecular weight excluding hydrogens is 504 g/mol. The zero-order valence-corrected chi connectivity index (χ0v) is 20.9. The van der Waals surface area contributed by atoms with E-state index in [1.807, 2.05) is 43.3 Å². The first-order valence-electron chi connectivity index (χ1n) is 10.6. The Balaban J connectivity index is 1.72. The van der Waals surface area contributed by atoms with Crippen LogP contribution < -0.4 is 0 Å². The van der Waals surface area contributed by atoms with E-state index in [-0.39, 0.29) is 6.61 Å². The van der Waals surface area contributed by atoms with Crippen LogP contribution in [0.4, 0.5) is 4.79 Å². The summed E-state index contributed by atoms with van der Waals surface area (Å²) in [5.74, 6) is -1.07. The van der Waals surface area contributed by atoms with Crippen molar-refractivity contribution < 1.29 is 19.1 Å². The van der Waals surface area contributed by atoms with E-state index >= 15 is 0 Å².